The first-order chi connectivity index (χ1) is 47.7. The maximum Gasteiger partial charge on any atom is 0.364 e. The highest BCUT2D eigenvalue weighted by Crippen LogP contribution is 2.50. The summed E-state index contributed by atoms with van der Waals surface area (Å²) >= 11 is 0.712. The number of carbonyl (C=O) groups is 9. The van der Waals surface area contributed by atoms with Crippen molar-refractivity contribution in [2.45, 2.75) is 191 Å². The monoisotopic (exact) mass is 1500 g/mol. The zero-order valence-corrected chi connectivity index (χ0v) is 54.9. The topological polar surface area (TPSA) is 677 Å². The van der Waals surface area contributed by atoms with Crippen molar-refractivity contribution in [3.8, 4) is 0 Å². The summed E-state index contributed by atoms with van der Waals surface area (Å²) in [5.41, 5.74) is 4.44. The molecule has 6 aliphatic heterocycles. The molecule has 0 spiro atoms. The number of methoxy groups -OCH3 is 1. The van der Waals surface area contributed by atoms with Crippen LogP contribution in [0.4, 0.5) is 5.82 Å². The smallest absolute Gasteiger partial charge is 0.364 e. The van der Waals surface area contributed by atoms with Gasteiger partial charge in [0.2, 0.25) is 42.1 Å². The van der Waals surface area contributed by atoms with Crippen LogP contribution in [-0.4, -0.2) is 340 Å². The molecule has 0 radical (unpaired) electrons. The molecule has 18 N–H and O–H groups in total. The van der Waals surface area contributed by atoms with Crippen LogP contribution in [0.15, 0.2) is 17.1 Å². The average Bonchev–Trinajstić information content (AvgIpc) is 1.50. The van der Waals surface area contributed by atoms with Crippen molar-refractivity contribution >= 4 is 79.6 Å². The van der Waals surface area contributed by atoms with Crippen LogP contribution in [0.3, 0.4) is 0 Å². The molecule has 0 aromatic carbocycles. The number of ether oxygens (including phenoxy) is 11. The summed E-state index contributed by atoms with van der Waals surface area (Å²) in [6, 6.07) is -0.547. The molecule has 1 aromatic heterocycles. The normalized spacial score (nSPS) is 36.3. The molecule has 101 heavy (non-hydrogen) atoms. The number of nitrogens with one attached hydrogen (secondary N) is 3. The summed E-state index contributed by atoms with van der Waals surface area (Å²) in [5.74, 6) is -12.8. The summed E-state index contributed by atoms with van der Waals surface area (Å²) in [5, 5.41) is 145. The Morgan fingerprint density at radius 2 is 1.50 bits per heavy atom. The van der Waals surface area contributed by atoms with Crippen LogP contribution < -0.4 is 32.3 Å². The highest BCUT2D eigenvalue weighted by molar-refractivity contribution is 8.01. The fourth-order valence-corrected chi connectivity index (χ4v) is 13.4. The number of nitrogens with two attached hydrogens (primary N) is 1. The summed E-state index contributed by atoms with van der Waals surface area (Å²) in [7, 11) is -4.88. The number of aliphatic hydroxyl groups excluding tert-OH is 12. The number of carbonyl (C=O) groups excluding carboxylic acids is 8. The highest BCUT2D eigenvalue weighted by atomic mass is 32.2. The minimum absolute atomic E-state index is 0.0411. The number of Topliss-reactive ketones (excluding diaryl/α,β-unsaturated/α-hetero) is 1. The molecule has 570 valence electrons. The number of imide groups is 1. The van der Waals surface area contributed by atoms with Gasteiger partial charge in [0.15, 0.2) is 37.0 Å². The summed E-state index contributed by atoms with van der Waals surface area (Å²) in [6.07, 6.45) is -43.6. The zero-order valence-electron chi connectivity index (χ0n) is 53.2. The standard InChI is InChI=1S/C54H80N7O38PS/c1-20(66)58-32-35(75)42(94-49-40(80)36(76)43(87-2)50(97-49)89-18-64)25(15-63)93-47(32)95-44-37(77)39(79)48(96-51(44)90-19-65)88-9-6-56-29(70)4-3-7-60-31(72)11-27(45(60)81)101-17-30(71)57-13-21(67)10-22-23(68)12-54(52(82)83,98-41(22)33(73)24(69)14-62)99-100(85,86)91-16-26-34(74)38(78)46(92-26)61-8-5-28(55)59-53(61)84/h5,8,18-19,22-27,32-44,46-51,62-63,68-69,73-80H,3-4,6-7,9-17H2,1-2H3,(H,56,70)(H,57,71)(H,58,66)(H,82,83)(H,85,86)(H2,55,59,84)/p-1/t22-,23-,24-,25?,26-,27?,32?,33-,34+,35-,36-,37-,38?,39?,40?,41?,42-,43+,44+,46-,47-,48-,49-,50?,51?,54-/m1/s1. The van der Waals surface area contributed by atoms with Crippen LogP contribution in [-0.2, 0) is 109 Å². The van der Waals surface area contributed by atoms with Crippen LogP contribution >= 0.6 is 19.6 Å². The van der Waals surface area contributed by atoms with Crippen LogP contribution in [0.25, 0.3) is 0 Å². The highest BCUT2D eigenvalue weighted by Gasteiger charge is 2.59. The fraction of sp³-hybridized carbons (Fsp3) is 0.759. The van der Waals surface area contributed by atoms with Gasteiger partial charge in [0, 0.05) is 64.9 Å². The molecular weight excluding hydrogens is 1420 g/mol. The number of amides is 5. The molecule has 6 aliphatic rings. The second-order valence-corrected chi connectivity index (χ2v) is 26.0. The molecule has 47 heteroatoms. The van der Waals surface area contributed by atoms with Gasteiger partial charge in [0.25, 0.3) is 26.6 Å². The van der Waals surface area contributed by atoms with Gasteiger partial charge in [-0.05, 0) is 12.5 Å². The van der Waals surface area contributed by atoms with Crippen molar-refractivity contribution in [1.29, 1.82) is 0 Å². The number of rotatable bonds is 36. The van der Waals surface area contributed by atoms with Gasteiger partial charge in [-0.15, -0.1) is 11.8 Å². The lowest BCUT2D eigenvalue weighted by atomic mass is 9.80. The first kappa shape index (κ1) is 82.2. The first-order valence-electron chi connectivity index (χ1n) is 30.7. The van der Waals surface area contributed by atoms with E-state index in [2.05, 4.69) is 20.9 Å². The van der Waals surface area contributed by atoms with E-state index in [1.165, 1.54) is 0 Å². The Labute approximate surface area is 573 Å². The predicted octanol–water partition coefficient (Wildman–Crippen LogP) is -12.4. The van der Waals surface area contributed by atoms with Crippen LogP contribution in [0.1, 0.15) is 45.3 Å². The zero-order chi connectivity index (χ0) is 74.5. The number of hydrogen-bond donors (Lipinski definition) is 17. The van der Waals surface area contributed by atoms with Gasteiger partial charge >= 0.3 is 11.7 Å². The van der Waals surface area contributed by atoms with E-state index in [-0.39, 0.29) is 51.1 Å². The largest absolute Gasteiger partial charge is 0.756 e. The van der Waals surface area contributed by atoms with Crippen molar-refractivity contribution in [3.05, 3.63) is 22.7 Å². The molecule has 0 saturated carbocycles. The SMILES string of the molecule is CO[C@@H]1C(OC=O)O[C@@H](O[C@@H]2C(CO)O[C@H](O[C@@H]3C(OC=O)O[C@@H](OCCNC(=O)CCCN4C(=O)CC(SCC(=O)NCC(=O)C[C@H]5C([C@H](O)[C@H](O)CO)O[C@](OP(=O)([O-])OC[C@H]6O[C@@H](n7ccc(N)nc7=O)C(O)[C@H]6O)(C(=O)O)C[C@H]5O)C4=O)C(O)[C@H]3O)C(NC(C)=O)[C@H]2O)C(O)[C@H]1O. The van der Waals surface area contributed by atoms with Gasteiger partial charge in [-0.2, -0.15) is 4.98 Å². The van der Waals surface area contributed by atoms with Gasteiger partial charge < -0.3 is 150 Å². The van der Waals surface area contributed by atoms with E-state index < -0.39 is 265 Å². The van der Waals surface area contributed by atoms with Gasteiger partial charge in [0.1, 0.15) is 91.2 Å². The van der Waals surface area contributed by atoms with Gasteiger partial charge in [-0.1, -0.05) is 0 Å². The number of aromatic nitrogens is 2. The third-order valence-corrected chi connectivity index (χ3v) is 18.8. The Morgan fingerprint density at radius 1 is 0.842 bits per heavy atom. The summed E-state index contributed by atoms with van der Waals surface area (Å²) in [4.78, 5) is 143. The average molecular weight is 1500 g/mol. The van der Waals surface area contributed by atoms with E-state index in [9.17, 15) is 124 Å². The van der Waals surface area contributed by atoms with Crippen molar-refractivity contribution in [2.24, 2.45) is 5.92 Å². The number of aliphatic carboxylic acids is 1. The third kappa shape index (κ3) is 20.3. The number of likely N-dealkylation sites (tertiary alicyclic amines) is 1. The molecule has 5 amide bonds. The van der Waals surface area contributed by atoms with Crippen molar-refractivity contribution < 1.29 is 180 Å². The minimum Gasteiger partial charge on any atom is -0.756 e. The van der Waals surface area contributed by atoms with Crippen LogP contribution in [0.2, 0.25) is 0 Å². The second-order valence-electron chi connectivity index (χ2n) is 23.5. The molecule has 6 fully saturated rings. The number of aliphatic hydroxyl groups is 12. The maximum atomic E-state index is 13.3. The number of carboxylic acids is 1. The number of ketones is 1. The lowest BCUT2D eigenvalue weighted by Gasteiger charge is -2.49. The van der Waals surface area contributed by atoms with E-state index >= 15 is 0 Å². The maximum absolute atomic E-state index is 13.3. The molecule has 45 nitrogen and oxygen atoms in total. The van der Waals surface area contributed by atoms with Gasteiger partial charge in [-0.25, -0.2) is 9.59 Å². The van der Waals surface area contributed by atoms with E-state index in [1.54, 1.807) is 0 Å². The molecule has 7 rings (SSSR count). The Hall–Kier alpha value is -6.07. The molecular formula is C54H79N7O38PS-. The van der Waals surface area contributed by atoms with Crippen LogP contribution in [0, 0.1) is 5.92 Å². The number of anilines is 1. The Kier molecular flexibility index (Phi) is 29.8. The van der Waals surface area contributed by atoms with Crippen LogP contribution in [0.5, 0.6) is 0 Å². The molecule has 0 aliphatic carbocycles. The third-order valence-electron chi connectivity index (χ3n) is 16.6. The minimum atomic E-state index is -6.00. The number of carboxylic acid groups (broad SMARTS) is 1. The van der Waals surface area contributed by atoms with E-state index in [0.717, 1.165) is 31.2 Å². The van der Waals surface area contributed by atoms with Crippen molar-refractivity contribution in [2.75, 3.05) is 64.7 Å². The number of nitrogen functional groups attached to an aromatic ring is 1. The number of nitrogens with zero attached hydrogens (tertiary/aromatic N) is 3. The molecule has 6 saturated heterocycles. The molecule has 10 unspecified atom stereocenters. The van der Waals surface area contributed by atoms with Crippen molar-refractivity contribution in [1.82, 2.24) is 30.4 Å². The van der Waals surface area contributed by atoms with Gasteiger partial charge in [0.05, 0.1) is 56.2 Å². The van der Waals surface area contributed by atoms with E-state index in [0.29, 0.717) is 16.3 Å². The molecule has 27 atom stereocenters. The van der Waals surface area contributed by atoms with E-state index in [4.69, 9.17) is 66.9 Å². The van der Waals surface area contributed by atoms with Gasteiger partial charge in [-0.3, -0.25) is 56.9 Å². The lowest BCUT2D eigenvalue weighted by Crippen LogP contribution is -2.69. The molecule has 1 aromatic rings. The second kappa shape index (κ2) is 36.6. The Bertz CT molecular complexity index is 3150. The Balaban J connectivity index is 0.827. The first-order valence-corrected chi connectivity index (χ1v) is 33.2. The fourth-order valence-electron chi connectivity index (χ4n) is 11.5. The number of hydrogen-bond acceptors (Lipinski definition) is 40. The number of phosphoric ester groups is 1. The van der Waals surface area contributed by atoms with Crippen molar-refractivity contribution in [3.63, 3.8) is 0 Å². The predicted molar refractivity (Wildman–Crippen MR) is 316 cm³/mol. The lowest BCUT2D eigenvalue weighted by molar-refractivity contribution is -0.389. The summed E-state index contributed by atoms with van der Waals surface area (Å²) in [6.45, 7) is -4.33. The summed E-state index contributed by atoms with van der Waals surface area (Å²) < 4.78 is 82.9. The number of thioether (sulfide) groups is 1. The number of phosphoric acid groups is 1. The van der Waals surface area contributed by atoms with E-state index in [1.807, 2.05) is 0 Å². The Morgan fingerprint density at radius 3 is 2.13 bits per heavy atom. The quantitative estimate of drug-likeness (QED) is 0.0128. The molecule has 0 bridgehead atoms. The molecule has 7 heterocycles.